The topological polar surface area (TPSA) is 0 Å². The molecule has 0 aromatic rings. The Bertz CT molecular complexity index is 89.1. The van der Waals surface area contributed by atoms with Gasteiger partial charge in [0.1, 0.15) is 0 Å². The van der Waals surface area contributed by atoms with Crippen molar-refractivity contribution in [1.82, 2.24) is 0 Å². The summed E-state index contributed by atoms with van der Waals surface area (Å²) in [5, 5.41) is 3.05. The molecule has 0 nitrogen and oxygen atoms in total. The van der Waals surface area contributed by atoms with Crippen LogP contribution in [0.1, 0.15) is 59.3 Å². The molecule has 0 aromatic heterocycles. The molecule has 0 fully saturated rings. The van der Waals surface area contributed by atoms with E-state index in [9.17, 15) is 0 Å². The average Bonchev–Trinajstić information content (AvgIpc) is 2.09. The van der Waals surface area contributed by atoms with Crippen molar-refractivity contribution < 1.29 is 0 Å². The van der Waals surface area contributed by atoms with Gasteiger partial charge < -0.3 is 0 Å². The summed E-state index contributed by atoms with van der Waals surface area (Å²) in [5.74, 6) is 0.940. The van der Waals surface area contributed by atoms with E-state index in [1.54, 1.807) is 5.28 Å². The van der Waals surface area contributed by atoms with Gasteiger partial charge in [0.2, 0.25) is 0 Å². The molecule has 0 aliphatic rings. The second-order valence-electron chi connectivity index (χ2n) is 4.47. The molecule has 13 heavy (non-hydrogen) atoms. The SMILES string of the molecule is CCCCCCC[CH2][Al][CH2]C(C)C. The van der Waals surface area contributed by atoms with Crippen molar-refractivity contribution in [3.8, 4) is 0 Å². The Morgan fingerprint density at radius 3 is 2.15 bits per heavy atom. The molecule has 0 saturated carbocycles. The van der Waals surface area contributed by atoms with E-state index in [1.165, 1.54) is 43.8 Å². The molecule has 0 aromatic carbocycles. The van der Waals surface area contributed by atoms with Crippen LogP contribution in [-0.4, -0.2) is 15.2 Å². The molecule has 0 rings (SSSR count). The third kappa shape index (κ3) is 12.5. The second-order valence-corrected chi connectivity index (χ2v) is 6.10. The molecule has 0 amide bonds. The van der Waals surface area contributed by atoms with Crippen LogP contribution in [0.15, 0.2) is 0 Å². The fraction of sp³-hybridized carbons (Fsp3) is 1.00. The highest BCUT2D eigenvalue weighted by molar-refractivity contribution is 6.35. The number of unbranched alkanes of at least 4 members (excludes halogenated alkanes) is 5. The van der Waals surface area contributed by atoms with E-state index in [1.807, 2.05) is 0 Å². The third-order valence-electron chi connectivity index (χ3n) is 2.40. The van der Waals surface area contributed by atoms with Gasteiger partial charge in [-0.1, -0.05) is 65.2 Å². The van der Waals surface area contributed by atoms with Gasteiger partial charge in [-0.15, -0.1) is 10.6 Å². The highest BCUT2D eigenvalue weighted by Crippen LogP contribution is 2.08. The lowest BCUT2D eigenvalue weighted by Gasteiger charge is -2.02. The minimum atomic E-state index is 0.775. The molecule has 1 heteroatoms. The molecular formula is C12H26Al. The summed E-state index contributed by atoms with van der Waals surface area (Å²) in [7, 11) is 0. The number of rotatable bonds is 9. The van der Waals surface area contributed by atoms with Gasteiger partial charge in [-0.25, -0.2) is 0 Å². The Kier molecular flexibility index (Phi) is 11.0. The molecule has 77 valence electrons. The smallest absolute Gasteiger partial charge is 0.104 e. The molecule has 0 N–H and O–H groups in total. The average molecular weight is 197 g/mol. The Hall–Kier alpha value is 0.532. The van der Waals surface area contributed by atoms with Crippen LogP contribution < -0.4 is 0 Å². The summed E-state index contributed by atoms with van der Waals surface area (Å²) in [6, 6.07) is 0. The zero-order valence-corrected chi connectivity index (χ0v) is 11.0. The largest absolute Gasteiger partial charge is 0.200 e. The van der Waals surface area contributed by atoms with Gasteiger partial charge >= 0.3 is 0 Å². The van der Waals surface area contributed by atoms with Crippen molar-refractivity contribution in [3.05, 3.63) is 0 Å². The van der Waals surface area contributed by atoms with Crippen LogP contribution in [0.5, 0.6) is 0 Å². The van der Waals surface area contributed by atoms with Crippen molar-refractivity contribution in [2.75, 3.05) is 0 Å². The van der Waals surface area contributed by atoms with Crippen LogP contribution >= 0.6 is 0 Å². The Balaban J connectivity index is 2.84. The van der Waals surface area contributed by atoms with Crippen LogP contribution in [0.25, 0.3) is 0 Å². The maximum absolute atomic E-state index is 2.34. The van der Waals surface area contributed by atoms with Crippen molar-refractivity contribution in [2.24, 2.45) is 5.92 Å². The zero-order chi connectivity index (χ0) is 9.94. The Morgan fingerprint density at radius 2 is 1.54 bits per heavy atom. The van der Waals surface area contributed by atoms with Gasteiger partial charge in [0, 0.05) is 0 Å². The predicted octanol–water partition coefficient (Wildman–Crippen LogP) is 4.54. The summed E-state index contributed by atoms with van der Waals surface area (Å²) in [6.07, 6.45) is 8.76. The lowest BCUT2D eigenvalue weighted by atomic mass is 10.1. The first kappa shape index (κ1) is 13.5. The van der Waals surface area contributed by atoms with Gasteiger partial charge in [-0.05, 0) is 0 Å². The van der Waals surface area contributed by atoms with Gasteiger partial charge in [-0.2, -0.15) is 0 Å². The maximum Gasteiger partial charge on any atom is 0.200 e. The summed E-state index contributed by atoms with van der Waals surface area (Å²) < 4.78 is 0. The molecule has 0 spiro atoms. The number of hydrogen-bond acceptors (Lipinski definition) is 0. The van der Waals surface area contributed by atoms with Crippen molar-refractivity contribution in [2.45, 2.75) is 69.9 Å². The fourth-order valence-corrected chi connectivity index (χ4v) is 3.00. The van der Waals surface area contributed by atoms with E-state index in [2.05, 4.69) is 20.8 Å². The molecular weight excluding hydrogens is 171 g/mol. The molecule has 0 bridgehead atoms. The molecule has 1 radical (unpaired) electrons. The van der Waals surface area contributed by atoms with Crippen LogP contribution in [0.2, 0.25) is 10.6 Å². The van der Waals surface area contributed by atoms with E-state index in [-0.39, 0.29) is 0 Å². The summed E-state index contributed by atoms with van der Waals surface area (Å²) >= 11 is 0.775. The van der Waals surface area contributed by atoms with E-state index in [4.69, 9.17) is 0 Å². The second kappa shape index (κ2) is 10.6. The monoisotopic (exact) mass is 197 g/mol. The van der Waals surface area contributed by atoms with E-state index < -0.39 is 0 Å². The van der Waals surface area contributed by atoms with Crippen LogP contribution in [0.4, 0.5) is 0 Å². The summed E-state index contributed by atoms with van der Waals surface area (Å²) in [6.45, 7) is 6.97. The normalized spacial score (nSPS) is 10.8. The standard InChI is InChI=1S/C8H17.C4H9.Al/c1-3-5-7-8-6-4-2;1-4(2)3;/h1,3-8H2,2H3;4H,1H2,2-3H3;. The predicted molar refractivity (Wildman–Crippen MR) is 63.6 cm³/mol. The Morgan fingerprint density at radius 1 is 0.923 bits per heavy atom. The van der Waals surface area contributed by atoms with Gasteiger partial charge in [0.05, 0.1) is 0 Å². The summed E-state index contributed by atoms with van der Waals surface area (Å²) in [5.41, 5.74) is 0. The van der Waals surface area contributed by atoms with Crippen molar-refractivity contribution >= 4 is 15.2 Å². The quantitative estimate of drug-likeness (QED) is 0.376. The highest BCUT2D eigenvalue weighted by Gasteiger charge is 1.96. The Labute approximate surface area is 91.2 Å². The zero-order valence-electron chi connectivity index (χ0n) is 9.81. The lowest BCUT2D eigenvalue weighted by molar-refractivity contribution is 0.622. The first-order valence-electron chi connectivity index (χ1n) is 6.09. The fourth-order valence-electron chi connectivity index (χ4n) is 1.52. The maximum atomic E-state index is 2.34. The molecule has 0 unspecified atom stereocenters. The van der Waals surface area contributed by atoms with Gasteiger partial charge in [0.25, 0.3) is 0 Å². The highest BCUT2D eigenvalue weighted by atomic mass is 27.1. The van der Waals surface area contributed by atoms with Crippen molar-refractivity contribution in [3.63, 3.8) is 0 Å². The van der Waals surface area contributed by atoms with E-state index >= 15 is 0 Å². The minimum Gasteiger partial charge on any atom is -0.104 e. The van der Waals surface area contributed by atoms with Gasteiger partial charge in [-0.3, -0.25) is 0 Å². The minimum absolute atomic E-state index is 0.775. The van der Waals surface area contributed by atoms with Crippen LogP contribution in [-0.2, 0) is 0 Å². The number of hydrogen-bond donors (Lipinski definition) is 0. The molecule has 0 atom stereocenters. The third-order valence-corrected chi connectivity index (χ3v) is 4.49. The molecule has 0 saturated heterocycles. The molecule has 0 aliphatic heterocycles. The van der Waals surface area contributed by atoms with Crippen LogP contribution in [0, 0.1) is 5.92 Å². The molecule has 0 aliphatic carbocycles. The van der Waals surface area contributed by atoms with Crippen molar-refractivity contribution in [1.29, 1.82) is 0 Å². The lowest BCUT2D eigenvalue weighted by Crippen LogP contribution is -1.95. The van der Waals surface area contributed by atoms with E-state index in [0.29, 0.717) is 0 Å². The first-order valence-corrected chi connectivity index (χ1v) is 7.72. The first-order chi connectivity index (χ1) is 6.27. The molecule has 0 heterocycles. The van der Waals surface area contributed by atoms with Crippen LogP contribution in [0.3, 0.4) is 0 Å². The summed E-state index contributed by atoms with van der Waals surface area (Å²) in [4.78, 5) is 0. The van der Waals surface area contributed by atoms with Gasteiger partial charge in [0.15, 0.2) is 15.2 Å². The van der Waals surface area contributed by atoms with E-state index in [0.717, 1.165) is 21.1 Å².